The summed E-state index contributed by atoms with van der Waals surface area (Å²) in [5.41, 5.74) is 1.28. The first-order chi connectivity index (χ1) is 7.28. The molecule has 1 fully saturated rings. The molecule has 2 heterocycles. The van der Waals surface area contributed by atoms with Crippen molar-refractivity contribution in [2.75, 3.05) is 20.1 Å². The monoisotopic (exact) mass is 305 g/mol. The highest BCUT2D eigenvalue weighted by atomic mass is 79.9. The van der Waals surface area contributed by atoms with Crippen molar-refractivity contribution in [1.29, 1.82) is 0 Å². The van der Waals surface area contributed by atoms with Crippen molar-refractivity contribution in [3.05, 3.63) is 28.5 Å². The summed E-state index contributed by atoms with van der Waals surface area (Å²) in [5, 5.41) is 3.32. The van der Waals surface area contributed by atoms with Gasteiger partial charge in [-0.1, -0.05) is 0 Å². The van der Waals surface area contributed by atoms with Gasteiger partial charge in [0.2, 0.25) is 0 Å². The molecular formula is C11H17BrClN3. The predicted molar refractivity (Wildman–Crippen MR) is 71.9 cm³/mol. The van der Waals surface area contributed by atoms with Crippen molar-refractivity contribution < 1.29 is 0 Å². The first-order valence-electron chi connectivity index (χ1n) is 5.27. The Morgan fingerprint density at radius 1 is 1.56 bits per heavy atom. The second-order valence-corrected chi connectivity index (χ2v) is 4.94. The van der Waals surface area contributed by atoms with Crippen molar-refractivity contribution in [3.8, 4) is 0 Å². The lowest BCUT2D eigenvalue weighted by Crippen LogP contribution is -2.29. The Kier molecular flexibility index (Phi) is 5.69. The van der Waals surface area contributed by atoms with Gasteiger partial charge in [-0.05, 0) is 41.0 Å². The van der Waals surface area contributed by atoms with Crippen molar-refractivity contribution in [1.82, 2.24) is 15.2 Å². The maximum absolute atomic E-state index is 4.18. The van der Waals surface area contributed by atoms with Gasteiger partial charge in [-0.25, -0.2) is 0 Å². The average molecular weight is 307 g/mol. The molecule has 0 amide bonds. The van der Waals surface area contributed by atoms with E-state index in [0.29, 0.717) is 6.04 Å². The number of halogens is 2. The molecule has 2 rings (SSSR count). The van der Waals surface area contributed by atoms with E-state index >= 15 is 0 Å². The highest BCUT2D eigenvalue weighted by Crippen LogP contribution is 2.15. The van der Waals surface area contributed by atoms with Crippen molar-refractivity contribution in [2.24, 2.45) is 0 Å². The van der Waals surface area contributed by atoms with E-state index in [-0.39, 0.29) is 12.4 Å². The zero-order chi connectivity index (χ0) is 10.7. The van der Waals surface area contributed by atoms with Crippen LogP contribution in [0.25, 0.3) is 0 Å². The summed E-state index contributed by atoms with van der Waals surface area (Å²) in [5.74, 6) is 0. The van der Waals surface area contributed by atoms with Crippen LogP contribution in [-0.2, 0) is 6.54 Å². The summed E-state index contributed by atoms with van der Waals surface area (Å²) in [4.78, 5) is 6.64. The van der Waals surface area contributed by atoms with Gasteiger partial charge in [-0.2, -0.15) is 0 Å². The topological polar surface area (TPSA) is 28.2 Å². The fraction of sp³-hybridized carbons (Fsp3) is 0.545. The normalized spacial score (nSPS) is 20.8. The Morgan fingerprint density at radius 3 is 3.00 bits per heavy atom. The van der Waals surface area contributed by atoms with Gasteiger partial charge in [0.25, 0.3) is 0 Å². The van der Waals surface area contributed by atoms with Crippen LogP contribution in [0.1, 0.15) is 12.0 Å². The summed E-state index contributed by atoms with van der Waals surface area (Å²) in [7, 11) is 2.04. The van der Waals surface area contributed by atoms with E-state index in [1.54, 1.807) is 0 Å². The fourth-order valence-electron chi connectivity index (χ4n) is 2.01. The van der Waals surface area contributed by atoms with E-state index in [1.807, 2.05) is 19.4 Å². The molecule has 0 spiro atoms. The van der Waals surface area contributed by atoms with Gasteiger partial charge in [0, 0.05) is 42.5 Å². The van der Waals surface area contributed by atoms with Crippen LogP contribution >= 0.6 is 28.3 Å². The molecule has 0 saturated carbocycles. The van der Waals surface area contributed by atoms with Crippen LogP contribution < -0.4 is 5.32 Å². The van der Waals surface area contributed by atoms with Crippen LogP contribution in [0.3, 0.4) is 0 Å². The third-order valence-electron chi connectivity index (χ3n) is 2.85. The molecule has 1 unspecified atom stereocenters. The summed E-state index contributed by atoms with van der Waals surface area (Å²) in [6.07, 6.45) is 5.01. The maximum atomic E-state index is 4.18. The lowest BCUT2D eigenvalue weighted by molar-refractivity contribution is 0.322. The Hall–Kier alpha value is -0.160. The molecule has 1 aromatic heterocycles. The quantitative estimate of drug-likeness (QED) is 0.926. The molecule has 1 atom stereocenters. The fourth-order valence-corrected chi connectivity index (χ4v) is 2.42. The summed E-state index contributed by atoms with van der Waals surface area (Å²) < 4.78 is 1.06. The van der Waals surface area contributed by atoms with Crippen LogP contribution in [0, 0.1) is 0 Å². The zero-order valence-corrected chi connectivity index (χ0v) is 11.7. The molecule has 1 saturated heterocycles. The van der Waals surface area contributed by atoms with E-state index in [1.165, 1.54) is 18.5 Å². The number of pyridine rings is 1. The van der Waals surface area contributed by atoms with E-state index in [2.05, 4.69) is 37.2 Å². The average Bonchev–Trinajstić information content (AvgIpc) is 2.65. The molecular weight excluding hydrogens is 289 g/mol. The molecule has 1 N–H and O–H groups in total. The number of nitrogens with zero attached hydrogens (tertiary/aromatic N) is 2. The molecule has 1 aromatic rings. The van der Waals surface area contributed by atoms with Crippen LogP contribution in [0.5, 0.6) is 0 Å². The molecule has 16 heavy (non-hydrogen) atoms. The predicted octanol–water partition coefficient (Wildman–Crippen LogP) is 2.06. The van der Waals surface area contributed by atoms with E-state index in [0.717, 1.165) is 17.6 Å². The number of aromatic nitrogens is 1. The van der Waals surface area contributed by atoms with Crippen LogP contribution in [0.15, 0.2) is 22.9 Å². The molecule has 3 nitrogen and oxygen atoms in total. The Labute approximate surface area is 111 Å². The molecule has 5 heteroatoms. The smallest absolute Gasteiger partial charge is 0.0410 e. The second-order valence-electron chi connectivity index (χ2n) is 4.02. The van der Waals surface area contributed by atoms with Gasteiger partial charge in [0.1, 0.15) is 0 Å². The molecule has 1 aliphatic heterocycles. The largest absolute Gasteiger partial charge is 0.316 e. The van der Waals surface area contributed by atoms with Gasteiger partial charge in [-0.15, -0.1) is 12.4 Å². The minimum atomic E-state index is 0. The standard InChI is InChI=1S/C11H16BrN3.ClH/c1-13-11-2-3-15(8-11)7-9-4-10(12)6-14-5-9;/h4-6,11,13H,2-3,7-8H2,1H3;1H. The van der Waals surface area contributed by atoms with Crippen LogP contribution in [-0.4, -0.2) is 36.1 Å². The first kappa shape index (κ1) is 13.9. The van der Waals surface area contributed by atoms with Gasteiger partial charge in [0.15, 0.2) is 0 Å². The minimum Gasteiger partial charge on any atom is -0.316 e. The lowest BCUT2D eigenvalue weighted by atomic mass is 10.2. The van der Waals surface area contributed by atoms with Crippen molar-refractivity contribution in [3.63, 3.8) is 0 Å². The SMILES string of the molecule is CNC1CCN(Cc2cncc(Br)c2)C1.Cl. The summed E-state index contributed by atoms with van der Waals surface area (Å²) in [6, 6.07) is 2.80. The number of hydrogen-bond donors (Lipinski definition) is 1. The lowest BCUT2D eigenvalue weighted by Gasteiger charge is -2.15. The van der Waals surface area contributed by atoms with Gasteiger partial charge in [0.05, 0.1) is 0 Å². The summed E-state index contributed by atoms with van der Waals surface area (Å²) in [6.45, 7) is 3.33. The number of likely N-dealkylation sites (N-methyl/N-ethyl adjacent to an activating group) is 1. The Morgan fingerprint density at radius 2 is 2.38 bits per heavy atom. The highest BCUT2D eigenvalue weighted by molar-refractivity contribution is 9.10. The maximum Gasteiger partial charge on any atom is 0.0410 e. The number of nitrogens with one attached hydrogen (secondary N) is 1. The third-order valence-corrected chi connectivity index (χ3v) is 3.28. The number of likely N-dealkylation sites (tertiary alicyclic amines) is 1. The van der Waals surface area contributed by atoms with Gasteiger partial charge >= 0.3 is 0 Å². The Balaban J connectivity index is 0.00000128. The second kappa shape index (κ2) is 6.55. The van der Waals surface area contributed by atoms with Crippen molar-refractivity contribution >= 4 is 28.3 Å². The molecule has 0 radical (unpaired) electrons. The van der Waals surface area contributed by atoms with Crippen LogP contribution in [0.4, 0.5) is 0 Å². The number of rotatable bonds is 3. The van der Waals surface area contributed by atoms with Gasteiger partial charge < -0.3 is 5.32 Å². The summed E-state index contributed by atoms with van der Waals surface area (Å²) >= 11 is 3.44. The van der Waals surface area contributed by atoms with Gasteiger partial charge in [-0.3, -0.25) is 9.88 Å². The van der Waals surface area contributed by atoms with E-state index in [4.69, 9.17) is 0 Å². The molecule has 1 aliphatic rings. The highest BCUT2D eigenvalue weighted by Gasteiger charge is 2.20. The molecule has 90 valence electrons. The third kappa shape index (κ3) is 3.70. The van der Waals surface area contributed by atoms with Crippen molar-refractivity contribution in [2.45, 2.75) is 19.0 Å². The van der Waals surface area contributed by atoms with Crippen LogP contribution in [0.2, 0.25) is 0 Å². The minimum absolute atomic E-state index is 0. The molecule has 0 bridgehead atoms. The van der Waals surface area contributed by atoms with E-state index in [9.17, 15) is 0 Å². The molecule has 0 aromatic carbocycles. The zero-order valence-electron chi connectivity index (χ0n) is 9.32. The number of hydrogen-bond acceptors (Lipinski definition) is 3. The molecule has 0 aliphatic carbocycles. The van der Waals surface area contributed by atoms with E-state index < -0.39 is 0 Å². The Bertz CT molecular complexity index is 335. The first-order valence-corrected chi connectivity index (χ1v) is 6.06.